The van der Waals surface area contributed by atoms with Crippen LogP contribution in [-0.4, -0.2) is 34.9 Å². The van der Waals surface area contributed by atoms with E-state index >= 15 is 0 Å². The van der Waals surface area contributed by atoms with E-state index in [1.807, 2.05) is 23.1 Å². The van der Waals surface area contributed by atoms with Crippen LogP contribution >= 0.6 is 0 Å². The Morgan fingerprint density at radius 3 is 3.05 bits per heavy atom. The van der Waals surface area contributed by atoms with E-state index < -0.39 is 0 Å². The van der Waals surface area contributed by atoms with Crippen LogP contribution in [0.1, 0.15) is 38.3 Å². The van der Waals surface area contributed by atoms with Crippen molar-refractivity contribution in [3.63, 3.8) is 0 Å². The first kappa shape index (κ1) is 15.0. The predicted octanol–water partition coefficient (Wildman–Crippen LogP) is 1.99. The second-order valence-electron chi connectivity index (χ2n) is 5.68. The summed E-state index contributed by atoms with van der Waals surface area (Å²) in [6, 6.07) is 6.14. The summed E-state index contributed by atoms with van der Waals surface area (Å²) >= 11 is 0. The summed E-state index contributed by atoms with van der Waals surface area (Å²) in [5, 5.41) is 0. The lowest BCUT2D eigenvalue weighted by atomic mass is 9.90. The van der Waals surface area contributed by atoms with Crippen molar-refractivity contribution in [3.05, 3.63) is 30.1 Å². The predicted molar refractivity (Wildman–Crippen MR) is 80.1 cm³/mol. The standard InChI is InChI=1S/C16H25N3O/c1-13-6-5-11-19(15(13)12-17)16(20)9-4-8-14-7-2-3-10-18-14/h2-3,7,10,13,15H,4-6,8-9,11-12,17H2,1H3/t13-,15+/m1/s1. The molecule has 0 spiro atoms. The molecule has 1 aliphatic heterocycles. The molecule has 1 fully saturated rings. The summed E-state index contributed by atoms with van der Waals surface area (Å²) in [5.41, 5.74) is 6.90. The third-order valence-electron chi connectivity index (χ3n) is 4.23. The van der Waals surface area contributed by atoms with Gasteiger partial charge in [-0.25, -0.2) is 0 Å². The van der Waals surface area contributed by atoms with Crippen LogP contribution in [-0.2, 0) is 11.2 Å². The van der Waals surface area contributed by atoms with Gasteiger partial charge in [-0.3, -0.25) is 9.78 Å². The van der Waals surface area contributed by atoms with Crippen molar-refractivity contribution in [1.29, 1.82) is 0 Å². The molecule has 1 aromatic rings. The van der Waals surface area contributed by atoms with Crippen LogP contribution in [0.3, 0.4) is 0 Å². The fourth-order valence-electron chi connectivity index (χ4n) is 3.03. The van der Waals surface area contributed by atoms with Gasteiger partial charge in [0.1, 0.15) is 0 Å². The third-order valence-corrected chi connectivity index (χ3v) is 4.23. The number of pyridine rings is 1. The van der Waals surface area contributed by atoms with Crippen LogP contribution in [0, 0.1) is 5.92 Å². The lowest BCUT2D eigenvalue weighted by Crippen LogP contribution is -2.51. The number of amides is 1. The summed E-state index contributed by atoms with van der Waals surface area (Å²) in [5.74, 6) is 0.774. The topological polar surface area (TPSA) is 59.2 Å². The first-order valence-electron chi connectivity index (χ1n) is 7.62. The molecule has 0 saturated carbocycles. The molecule has 0 bridgehead atoms. The Bertz CT molecular complexity index is 421. The molecule has 110 valence electrons. The molecule has 2 rings (SSSR count). The van der Waals surface area contributed by atoms with E-state index in [2.05, 4.69) is 11.9 Å². The van der Waals surface area contributed by atoms with Gasteiger partial charge in [-0.05, 0) is 43.7 Å². The number of aryl methyl sites for hydroxylation is 1. The number of piperidine rings is 1. The number of hydrogen-bond acceptors (Lipinski definition) is 3. The molecule has 0 unspecified atom stereocenters. The minimum Gasteiger partial charge on any atom is -0.338 e. The SMILES string of the molecule is C[C@@H]1CCCN(C(=O)CCCc2ccccn2)[C@H]1CN. The minimum atomic E-state index is 0.228. The maximum absolute atomic E-state index is 12.4. The highest BCUT2D eigenvalue weighted by atomic mass is 16.2. The normalized spacial score (nSPS) is 22.8. The Morgan fingerprint density at radius 2 is 2.35 bits per heavy atom. The van der Waals surface area contributed by atoms with Crippen molar-refractivity contribution in [2.45, 2.75) is 45.1 Å². The third kappa shape index (κ3) is 3.79. The smallest absolute Gasteiger partial charge is 0.222 e. The zero-order valence-corrected chi connectivity index (χ0v) is 12.3. The molecule has 1 saturated heterocycles. The van der Waals surface area contributed by atoms with Gasteiger partial charge in [-0.15, -0.1) is 0 Å². The molecule has 0 radical (unpaired) electrons. The van der Waals surface area contributed by atoms with Gasteiger partial charge in [-0.1, -0.05) is 13.0 Å². The van der Waals surface area contributed by atoms with Crippen molar-refractivity contribution in [3.8, 4) is 0 Å². The van der Waals surface area contributed by atoms with Crippen molar-refractivity contribution in [1.82, 2.24) is 9.88 Å². The largest absolute Gasteiger partial charge is 0.338 e. The molecular weight excluding hydrogens is 250 g/mol. The molecule has 1 aromatic heterocycles. The molecule has 1 amide bonds. The second kappa shape index (κ2) is 7.39. The van der Waals surface area contributed by atoms with E-state index in [9.17, 15) is 4.79 Å². The van der Waals surface area contributed by atoms with E-state index in [-0.39, 0.29) is 11.9 Å². The molecule has 0 aliphatic carbocycles. The Kier molecular flexibility index (Phi) is 5.53. The Hall–Kier alpha value is -1.42. The molecule has 20 heavy (non-hydrogen) atoms. The van der Waals surface area contributed by atoms with Crippen LogP contribution < -0.4 is 5.73 Å². The summed E-state index contributed by atoms with van der Waals surface area (Å²) in [7, 11) is 0. The highest BCUT2D eigenvalue weighted by Crippen LogP contribution is 2.23. The molecular formula is C16H25N3O. The molecule has 4 nitrogen and oxygen atoms in total. The van der Waals surface area contributed by atoms with Gasteiger partial charge in [0.2, 0.25) is 5.91 Å². The molecule has 2 atom stereocenters. The van der Waals surface area contributed by atoms with Crippen LogP contribution in [0.5, 0.6) is 0 Å². The number of likely N-dealkylation sites (tertiary alicyclic amines) is 1. The van der Waals surface area contributed by atoms with Crippen LogP contribution in [0.15, 0.2) is 24.4 Å². The number of nitrogens with two attached hydrogens (primary N) is 1. The Morgan fingerprint density at radius 1 is 1.50 bits per heavy atom. The molecule has 2 heterocycles. The van der Waals surface area contributed by atoms with Gasteiger partial charge in [0.15, 0.2) is 0 Å². The average Bonchev–Trinajstić information content (AvgIpc) is 2.48. The van der Waals surface area contributed by atoms with Crippen LogP contribution in [0.4, 0.5) is 0 Å². The highest BCUT2D eigenvalue weighted by molar-refractivity contribution is 5.76. The number of carbonyl (C=O) groups excluding carboxylic acids is 1. The van der Waals surface area contributed by atoms with Gasteiger partial charge < -0.3 is 10.6 Å². The van der Waals surface area contributed by atoms with E-state index in [0.717, 1.165) is 31.5 Å². The number of hydrogen-bond donors (Lipinski definition) is 1. The van der Waals surface area contributed by atoms with E-state index in [0.29, 0.717) is 18.9 Å². The van der Waals surface area contributed by atoms with Crippen molar-refractivity contribution in [2.75, 3.05) is 13.1 Å². The van der Waals surface area contributed by atoms with Gasteiger partial charge in [0.25, 0.3) is 0 Å². The van der Waals surface area contributed by atoms with Gasteiger partial charge in [-0.2, -0.15) is 0 Å². The van der Waals surface area contributed by atoms with Crippen LogP contribution in [0.25, 0.3) is 0 Å². The van der Waals surface area contributed by atoms with Gasteiger partial charge >= 0.3 is 0 Å². The first-order valence-corrected chi connectivity index (χ1v) is 7.62. The summed E-state index contributed by atoms with van der Waals surface area (Å²) in [4.78, 5) is 18.6. The number of aromatic nitrogens is 1. The summed E-state index contributed by atoms with van der Waals surface area (Å²) in [6.07, 6.45) is 6.40. The Balaban J connectivity index is 1.82. The molecule has 0 aromatic carbocycles. The number of nitrogens with zero attached hydrogens (tertiary/aromatic N) is 2. The van der Waals surface area contributed by atoms with E-state index in [4.69, 9.17) is 5.73 Å². The lowest BCUT2D eigenvalue weighted by Gasteiger charge is -2.39. The number of rotatable bonds is 5. The lowest BCUT2D eigenvalue weighted by molar-refractivity contribution is -0.136. The zero-order valence-electron chi connectivity index (χ0n) is 12.3. The fourth-order valence-corrected chi connectivity index (χ4v) is 3.03. The van der Waals surface area contributed by atoms with Crippen molar-refractivity contribution >= 4 is 5.91 Å². The first-order chi connectivity index (χ1) is 9.72. The molecule has 1 aliphatic rings. The molecule has 4 heteroatoms. The Labute approximate surface area is 121 Å². The van der Waals surface area contributed by atoms with Crippen LogP contribution in [0.2, 0.25) is 0 Å². The van der Waals surface area contributed by atoms with Crippen molar-refractivity contribution in [2.24, 2.45) is 11.7 Å². The maximum Gasteiger partial charge on any atom is 0.222 e. The highest BCUT2D eigenvalue weighted by Gasteiger charge is 2.30. The maximum atomic E-state index is 12.4. The molecule has 2 N–H and O–H groups in total. The summed E-state index contributed by atoms with van der Waals surface area (Å²) in [6.45, 7) is 3.65. The second-order valence-corrected chi connectivity index (χ2v) is 5.68. The van der Waals surface area contributed by atoms with Gasteiger partial charge in [0.05, 0.1) is 0 Å². The van der Waals surface area contributed by atoms with E-state index in [1.54, 1.807) is 6.20 Å². The van der Waals surface area contributed by atoms with Gasteiger partial charge in [0, 0.05) is 37.4 Å². The van der Waals surface area contributed by atoms with E-state index in [1.165, 1.54) is 6.42 Å². The van der Waals surface area contributed by atoms with Crippen molar-refractivity contribution < 1.29 is 4.79 Å². The zero-order chi connectivity index (χ0) is 14.4. The quantitative estimate of drug-likeness (QED) is 0.894. The average molecular weight is 275 g/mol. The minimum absolute atomic E-state index is 0.228. The number of carbonyl (C=O) groups is 1. The monoisotopic (exact) mass is 275 g/mol. The summed E-state index contributed by atoms with van der Waals surface area (Å²) < 4.78 is 0. The fraction of sp³-hybridized carbons (Fsp3) is 0.625.